The first kappa shape index (κ1) is 24.1. The van der Waals surface area contributed by atoms with E-state index in [1.165, 1.54) is 83.1 Å². The average molecular weight is 357 g/mol. The molecule has 25 heavy (non-hydrogen) atoms. The maximum absolute atomic E-state index is 11.4. The lowest BCUT2D eigenvalue weighted by Crippen LogP contribution is -2.24. The van der Waals surface area contributed by atoms with E-state index in [0.717, 1.165) is 12.8 Å². The molecule has 0 aliphatic heterocycles. The molecule has 0 aliphatic rings. The maximum atomic E-state index is 11.4. The zero-order valence-corrected chi connectivity index (χ0v) is 16.3. The standard InChI is InChI=1S/C21H40O4/c1-2-3-4-5-6-7-8-9-10-11-12-13-14-15-16-17-21(24)25-20(18-22)19-23/h16-17,20,22-23H,2-15,18-19H2,1H3/b17-16-. The Hall–Kier alpha value is -0.870. The summed E-state index contributed by atoms with van der Waals surface area (Å²) in [5.74, 6) is -0.497. The summed E-state index contributed by atoms with van der Waals surface area (Å²) >= 11 is 0. The van der Waals surface area contributed by atoms with Crippen LogP contribution in [0, 0.1) is 0 Å². The molecule has 0 saturated carbocycles. The first-order chi connectivity index (χ1) is 12.2. The molecule has 0 rings (SSSR count). The van der Waals surface area contributed by atoms with E-state index in [9.17, 15) is 4.79 Å². The Balaban J connectivity index is 3.28. The minimum atomic E-state index is -0.812. The average Bonchev–Trinajstić information content (AvgIpc) is 2.62. The molecule has 0 radical (unpaired) electrons. The van der Waals surface area contributed by atoms with Crippen molar-refractivity contribution >= 4 is 5.97 Å². The van der Waals surface area contributed by atoms with Gasteiger partial charge in [0.05, 0.1) is 13.2 Å². The van der Waals surface area contributed by atoms with E-state index in [-0.39, 0.29) is 13.2 Å². The van der Waals surface area contributed by atoms with Gasteiger partial charge in [0.25, 0.3) is 0 Å². The third kappa shape index (κ3) is 17.7. The highest BCUT2D eigenvalue weighted by molar-refractivity contribution is 5.82. The normalized spacial score (nSPS) is 11.5. The first-order valence-electron chi connectivity index (χ1n) is 10.3. The molecule has 0 aromatic rings. The van der Waals surface area contributed by atoms with E-state index in [1.807, 2.05) is 6.08 Å². The van der Waals surface area contributed by atoms with E-state index in [0.29, 0.717) is 0 Å². The summed E-state index contributed by atoms with van der Waals surface area (Å²) in [6.45, 7) is 1.56. The summed E-state index contributed by atoms with van der Waals surface area (Å²) in [6, 6.07) is 0. The predicted molar refractivity (Wildman–Crippen MR) is 104 cm³/mol. The zero-order valence-electron chi connectivity index (χ0n) is 16.3. The highest BCUT2D eigenvalue weighted by Crippen LogP contribution is 2.13. The number of aliphatic hydroxyl groups excluding tert-OH is 2. The fourth-order valence-electron chi connectivity index (χ4n) is 2.80. The second kappa shape index (κ2) is 19.5. The van der Waals surface area contributed by atoms with Crippen LogP contribution in [0.2, 0.25) is 0 Å². The van der Waals surface area contributed by atoms with Crippen LogP contribution in [-0.4, -0.2) is 35.5 Å². The van der Waals surface area contributed by atoms with Crippen LogP contribution in [0.3, 0.4) is 0 Å². The number of aliphatic hydroxyl groups is 2. The molecule has 0 fully saturated rings. The van der Waals surface area contributed by atoms with Crippen molar-refractivity contribution in [3.05, 3.63) is 12.2 Å². The molecule has 0 saturated heterocycles. The number of allylic oxidation sites excluding steroid dienone is 1. The van der Waals surface area contributed by atoms with Gasteiger partial charge >= 0.3 is 5.97 Å². The number of unbranched alkanes of at least 4 members (excludes halogenated alkanes) is 13. The second-order valence-electron chi connectivity index (χ2n) is 6.86. The minimum absolute atomic E-state index is 0.352. The quantitative estimate of drug-likeness (QED) is 0.208. The van der Waals surface area contributed by atoms with Crippen molar-refractivity contribution in [3.8, 4) is 0 Å². The zero-order chi connectivity index (χ0) is 18.6. The van der Waals surface area contributed by atoms with Crippen molar-refractivity contribution in [1.82, 2.24) is 0 Å². The lowest BCUT2D eigenvalue weighted by atomic mass is 10.0. The summed E-state index contributed by atoms with van der Waals surface area (Å²) in [6.07, 6.45) is 20.6. The van der Waals surface area contributed by atoms with E-state index in [4.69, 9.17) is 14.9 Å². The first-order valence-corrected chi connectivity index (χ1v) is 10.3. The molecular weight excluding hydrogens is 316 g/mol. The molecule has 0 spiro atoms. The molecule has 0 aliphatic carbocycles. The summed E-state index contributed by atoms with van der Waals surface area (Å²) in [4.78, 5) is 11.4. The van der Waals surface area contributed by atoms with Crippen LogP contribution < -0.4 is 0 Å². The van der Waals surface area contributed by atoms with Gasteiger partial charge in [-0.05, 0) is 12.8 Å². The molecular formula is C21H40O4. The molecule has 0 aromatic heterocycles. The number of ether oxygens (including phenoxy) is 1. The Kier molecular flexibility index (Phi) is 18.8. The number of esters is 1. The largest absolute Gasteiger partial charge is 0.454 e. The Bertz CT molecular complexity index is 311. The van der Waals surface area contributed by atoms with Gasteiger partial charge in [0.2, 0.25) is 0 Å². The summed E-state index contributed by atoms with van der Waals surface area (Å²) in [5, 5.41) is 17.6. The van der Waals surface area contributed by atoms with Crippen LogP contribution in [0.1, 0.15) is 96.8 Å². The summed E-state index contributed by atoms with van der Waals surface area (Å²) in [7, 11) is 0. The summed E-state index contributed by atoms with van der Waals surface area (Å²) < 4.78 is 4.84. The van der Waals surface area contributed by atoms with Crippen molar-refractivity contribution in [3.63, 3.8) is 0 Å². The van der Waals surface area contributed by atoms with Gasteiger partial charge in [-0.2, -0.15) is 0 Å². The molecule has 0 heterocycles. The lowest BCUT2D eigenvalue weighted by molar-refractivity contribution is -0.147. The van der Waals surface area contributed by atoms with Crippen LogP contribution in [0.4, 0.5) is 0 Å². The highest BCUT2D eigenvalue weighted by Gasteiger charge is 2.09. The van der Waals surface area contributed by atoms with Gasteiger partial charge in [0.1, 0.15) is 6.10 Å². The van der Waals surface area contributed by atoms with Gasteiger partial charge in [-0.15, -0.1) is 0 Å². The molecule has 4 heteroatoms. The van der Waals surface area contributed by atoms with Gasteiger partial charge in [-0.1, -0.05) is 90.0 Å². The van der Waals surface area contributed by atoms with E-state index < -0.39 is 12.1 Å². The monoisotopic (exact) mass is 356 g/mol. The number of carbonyl (C=O) groups is 1. The van der Waals surface area contributed by atoms with E-state index >= 15 is 0 Å². The third-order valence-electron chi connectivity index (χ3n) is 4.42. The van der Waals surface area contributed by atoms with Crippen molar-refractivity contribution in [1.29, 1.82) is 0 Å². The van der Waals surface area contributed by atoms with Gasteiger partial charge in [-0.3, -0.25) is 0 Å². The number of carbonyl (C=O) groups excluding carboxylic acids is 1. The van der Waals surface area contributed by atoms with E-state index in [2.05, 4.69) is 6.92 Å². The topological polar surface area (TPSA) is 66.8 Å². The molecule has 0 bridgehead atoms. The van der Waals surface area contributed by atoms with Gasteiger partial charge in [0.15, 0.2) is 0 Å². The van der Waals surface area contributed by atoms with Crippen molar-refractivity contribution in [2.75, 3.05) is 13.2 Å². The van der Waals surface area contributed by atoms with Crippen LogP contribution in [-0.2, 0) is 9.53 Å². The van der Waals surface area contributed by atoms with E-state index in [1.54, 1.807) is 0 Å². The Morgan fingerprint density at radius 3 is 1.68 bits per heavy atom. The second-order valence-corrected chi connectivity index (χ2v) is 6.86. The Morgan fingerprint density at radius 2 is 1.24 bits per heavy atom. The van der Waals surface area contributed by atoms with Gasteiger partial charge in [-0.25, -0.2) is 4.79 Å². The molecule has 4 nitrogen and oxygen atoms in total. The fraction of sp³-hybridized carbons (Fsp3) is 0.857. The number of rotatable bonds is 18. The molecule has 0 aromatic carbocycles. The molecule has 0 atom stereocenters. The molecule has 0 unspecified atom stereocenters. The third-order valence-corrected chi connectivity index (χ3v) is 4.42. The van der Waals surface area contributed by atoms with Crippen molar-refractivity contribution < 1.29 is 19.7 Å². The maximum Gasteiger partial charge on any atom is 0.330 e. The SMILES string of the molecule is CCCCCCCCCCCCCCC/C=C\C(=O)OC(CO)CO. The van der Waals surface area contributed by atoms with Crippen LogP contribution in [0.5, 0.6) is 0 Å². The van der Waals surface area contributed by atoms with Crippen LogP contribution in [0.15, 0.2) is 12.2 Å². The predicted octanol–water partition coefficient (Wildman–Crippen LogP) is 4.92. The molecule has 148 valence electrons. The van der Waals surface area contributed by atoms with Gasteiger partial charge in [0, 0.05) is 6.08 Å². The van der Waals surface area contributed by atoms with Crippen molar-refractivity contribution in [2.24, 2.45) is 0 Å². The summed E-state index contributed by atoms with van der Waals surface area (Å²) in [5.41, 5.74) is 0. The molecule has 0 amide bonds. The fourth-order valence-corrected chi connectivity index (χ4v) is 2.80. The smallest absolute Gasteiger partial charge is 0.330 e. The lowest BCUT2D eigenvalue weighted by Gasteiger charge is -2.10. The minimum Gasteiger partial charge on any atom is -0.454 e. The Morgan fingerprint density at radius 1 is 0.800 bits per heavy atom. The Labute approximate surface area is 154 Å². The van der Waals surface area contributed by atoms with Crippen molar-refractivity contribution in [2.45, 2.75) is 103 Å². The van der Waals surface area contributed by atoms with Crippen LogP contribution in [0.25, 0.3) is 0 Å². The number of hydrogen-bond donors (Lipinski definition) is 2. The van der Waals surface area contributed by atoms with Crippen LogP contribution >= 0.6 is 0 Å². The number of hydrogen-bond acceptors (Lipinski definition) is 4. The molecule has 2 N–H and O–H groups in total. The van der Waals surface area contributed by atoms with Gasteiger partial charge < -0.3 is 14.9 Å². The highest BCUT2D eigenvalue weighted by atomic mass is 16.6.